The molecule has 1 aromatic carbocycles. The standard InChI is InChI=1S/C13H15NO2.C5H7NO2/c1-14-12(15)8-7-11(13(14)16)9-10-5-3-2-4-6-10;7-4-2-1-3-5(8)6-4/h2-6,11H,7-9H2,1H3;1-3H2,(H,6,7,8). The minimum Gasteiger partial charge on any atom is -0.296 e. The van der Waals surface area contributed by atoms with E-state index in [9.17, 15) is 19.2 Å². The first-order valence-electron chi connectivity index (χ1n) is 8.14. The first-order chi connectivity index (χ1) is 11.5. The number of rotatable bonds is 2. The fraction of sp³-hybridized carbons (Fsp3) is 0.444. The molecule has 1 N–H and O–H groups in total. The summed E-state index contributed by atoms with van der Waals surface area (Å²) < 4.78 is 0. The first-order valence-corrected chi connectivity index (χ1v) is 8.14. The van der Waals surface area contributed by atoms with E-state index in [1.54, 1.807) is 7.05 Å². The zero-order valence-corrected chi connectivity index (χ0v) is 13.8. The molecule has 128 valence electrons. The Kier molecular flexibility index (Phi) is 6.23. The van der Waals surface area contributed by atoms with E-state index < -0.39 is 0 Å². The average molecular weight is 330 g/mol. The third kappa shape index (κ3) is 5.01. The Labute approximate surface area is 141 Å². The highest BCUT2D eigenvalue weighted by molar-refractivity contribution is 5.98. The van der Waals surface area contributed by atoms with Gasteiger partial charge in [-0.05, 0) is 24.8 Å². The molecule has 6 nitrogen and oxygen atoms in total. The van der Waals surface area contributed by atoms with Gasteiger partial charge in [0, 0.05) is 32.2 Å². The predicted octanol–water partition coefficient (Wildman–Crippen LogP) is 1.44. The largest absolute Gasteiger partial charge is 0.296 e. The average Bonchev–Trinajstić information content (AvgIpc) is 2.57. The van der Waals surface area contributed by atoms with Crippen LogP contribution in [0.5, 0.6) is 0 Å². The topological polar surface area (TPSA) is 83.6 Å². The Hall–Kier alpha value is -2.50. The molecule has 3 rings (SSSR count). The molecular formula is C18H22N2O4. The van der Waals surface area contributed by atoms with Crippen molar-refractivity contribution in [2.75, 3.05) is 7.05 Å². The number of piperidine rings is 2. The van der Waals surface area contributed by atoms with Crippen LogP contribution in [0.2, 0.25) is 0 Å². The number of amides is 4. The molecule has 2 saturated heterocycles. The van der Waals surface area contributed by atoms with Crippen LogP contribution in [0, 0.1) is 5.92 Å². The van der Waals surface area contributed by atoms with Crippen LogP contribution in [0.15, 0.2) is 30.3 Å². The van der Waals surface area contributed by atoms with Crippen molar-refractivity contribution < 1.29 is 19.2 Å². The summed E-state index contributed by atoms with van der Waals surface area (Å²) in [7, 11) is 1.57. The second-order valence-electron chi connectivity index (χ2n) is 6.04. The lowest BCUT2D eigenvalue weighted by molar-refractivity contribution is -0.149. The van der Waals surface area contributed by atoms with Gasteiger partial charge in [0.25, 0.3) is 0 Å². The third-order valence-corrected chi connectivity index (χ3v) is 4.17. The molecule has 0 spiro atoms. The molecule has 0 saturated carbocycles. The lowest BCUT2D eigenvalue weighted by Gasteiger charge is -2.27. The monoisotopic (exact) mass is 330 g/mol. The molecule has 4 amide bonds. The lowest BCUT2D eigenvalue weighted by Crippen LogP contribution is -2.43. The van der Waals surface area contributed by atoms with Crippen molar-refractivity contribution in [2.45, 2.75) is 38.5 Å². The summed E-state index contributed by atoms with van der Waals surface area (Å²) in [6.45, 7) is 0. The number of nitrogens with zero attached hydrogens (tertiary/aromatic N) is 1. The van der Waals surface area contributed by atoms with E-state index in [2.05, 4.69) is 5.32 Å². The van der Waals surface area contributed by atoms with Crippen molar-refractivity contribution in [3.05, 3.63) is 35.9 Å². The Bertz CT molecular complexity index is 613. The maximum Gasteiger partial charge on any atom is 0.232 e. The number of hydrogen-bond donors (Lipinski definition) is 1. The summed E-state index contributed by atoms with van der Waals surface area (Å²) in [5.41, 5.74) is 1.16. The molecule has 24 heavy (non-hydrogen) atoms. The zero-order valence-electron chi connectivity index (χ0n) is 13.8. The number of nitrogens with one attached hydrogen (secondary N) is 1. The van der Waals surface area contributed by atoms with Crippen LogP contribution in [0.25, 0.3) is 0 Å². The SMILES string of the molecule is CN1C(=O)CCC(Cc2ccccc2)C1=O.O=C1CCCC(=O)N1. The van der Waals surface area contributed by atoms with Gasteiger partial charge < -0.3 is 0 Å². The minimum absolute atomic E-state index is 0.0369. The fourth-order valence-corrected chi connectivity index (χ4v) is 2.76. The van der Waals surface area contributed by atoms with Crippen LogP contribution in [0.3, 0.4) is 0 Å². The minimum atomic E-state index is -0.138. The van der Waals surface area contributed by atoms with Gasteiger partial charge in [-0.3, -0.25) is 29.4 Å². The predicted molar refractivity (Wildman–Crippen MR) is 87.6 cm³/mol. The Morgan fingerprint density at radius 1 is 1.00 bits per heavy atom. The van der Waals surface area contributed by atoms with Crippen molar-refractivity contribution in [2.24, 2.45) is 5.92 Å². The highest BCUT2D eigenvalue weighted by Gasteiger charge is 2.31. The van der Waals surface area contributed by atoms with Crippen LogP contribution in [-0.4, -0.2) is 35.6 Å². The fourth-order valence-electron chi connectivity index (χ4n) is 2.76. The second kappa shape index (κ2) is 8.38. The van der Waals surface area contributed by atoms with E-state index in [-0.39, 0.29) is 29.5 Å². The van der Waals surface area contributed by atoms with Crippen LogP contribution < -0.4 is 5.32 Å². The smallest absolute Gasteiger partial charge is 0.232 e. The Morgan fingerprint density at radius 2 is 1.62 bits per heavy atom. The Morgan fingerprint density at radius 3 is 2.17 bits per heavy atom. The molecule has 0 aromatic heterocycles. The highest BCUT2D eigenvalue weighted by atomic mass is 16.2. The van der Waals surface area contributed by atoms with E-state index in [0.717, 1.165) is 12.0 Å². The summed E-state index contributed by atoms with van der Waals surface area (Å²) in [6.07, 6.45) is 3.62. The van der Waals surface area contributed by atoms with Gasteiger partial charge in [0.1, 0.15) is 0 Å². The van der Waals surface area contributed by atoms with Gasteiger partial charge in [-0.25, -0.2) is 0 Å². The maximum absolute atomic E-state index is 11.8. The van der Waals surface area contributed by atoms with E-state index in [4.69, 9.17) is 0 Å². The molecule has 2 aliphatic rings. The zero-order chi connectivity index (χ0) is 17.5. The van der Waals surface area contributed by atoms with Gasteiger partial charge in [-0.1, -0.05) is 30.3 Å². The Balaban J connectivity index is 0.000000219. The lowest BCUT2D eigenvalue weighted by atomic mass is 9.90. The number of likely N-dealkylation sites (tertiary alicyclic amines) is 1. The first kappa shape index (κ1) is 17.8. The molecule has 2 heterocycles. The summed E-state index contributed by atoms with van der Waals surface area (Å²) in [6, 6.07) is 9.93. The van der Waals surface area contributed by atoms with Gasteiger partial charge in [0.2, 0.25) is 23.6 Å². The van der Waals surface area contributed by atoms with E-state index in [0.29, 0.717) is 32.1 Å². The molecule has 0 bridgehead atoms. The van der Waals surface area contributed by atoms with Crippen molar-refractivity contribution in [3.8, 4) is 0 Å². The molecule has 2 aliphatic heterocycles. The van der Waals surface area contributed by atoms with E-state index >= 15 is 0 Å². The number of benzene rings is 1. The summed E-state index contributed by atoms with van der Waals surface area (Å²) in [4.78, 5) is 45.1. The van der Waals surface area contributed by atoms with Gasteiger partial charge in [0.15, 0.2) is 0 Å². The van der Waals surface area contributed by atoms with Gasteiger partial charge in [-0.2, -0.15) is 0 Å². The van der Waals surface area contributed by atoms with Gasteiger partial charge in [-0.15, -0.1) is 0 Å². The van der Waals surface area contributed by atoms with Crippen molar-refractivity contribution >= 4 is 23.6 Å². The summed E-state index contributed by atoms with van der Waals surface area (Å²) in [5.74, 6) is -0.415. The molecule has 6 heteroatoms. The number of hydrogen-bond acceptors (Lipinski definition) is 4. The van der Waals surface area contributed by atoms with Crippen molar-refractivity contribution in [1.82, 2.24) is 10.2 Å². The molecular weight excluding hydrogens is 308 g/mol. The van der Waals surface area contributed by atoms with E-state index in [1.165, 1.54) is 4.90 Å². The van der Waals surface area contributed by atoms with Crippen LogP contribution in [0.1, 0.15) is 37.7 Å². The molecule has 2 fully saturated rings. The van der Waals surface area contributed by atoms with Gasteiger partial charge in [0.05, 0.1) is 0 Å². The molecule has 0 radical (unpaired) electrons. The van der Waals surface area contributed by atoms with Crippen LogP contribution in [0.4, 0.5) is 0 Å². The van der Waals surface area contributed by atoms with Crippen LogP contribution >= 0.6 is 0 Å². The third-order valence-electron chi connectivity index (χ3n) is 4.17. The highest BCUT2D eigenvalue weighted by Crippen LogP contribution is 2.21. The van der Waals surface area contributed by atoms with E-state index in [1.807, 2.05) is 30.3 Å². The van der Waals surface area contributed by atoms with Gasteiger partial charge >= 0.3 is 0 Å². The quantitative estimate of drug-likeness (QED) is 0.832. The molecule has 1 unspecified atom stereocenters. The summed E-state index contributed by atoms with van der Waals surface area (Å²) >= 11 is 0. The van der Waals surface area contributed by atoms with Crippen LogP contribution in [-0.2, 0) is 25.6 Å². The summed E-state index contributed by atoms with van der Waals surface area (Å²) in [5, 5.41) is 2.20. The second-order valence-corrected chi connectivity index (χ2v) is 6.04. The molecule has 1 atom stereocenters. The number of imide groups is 2. The van der Waals surface area contributed by atoms with Crippen molar-refractivity contribution in [3.63, 3.8) is 0 Å². The molecule has 1 aromatic rings. The molecule has 0 aliphatic carbocycles. The van der Waals surface area contributed by atoms with Crippen molar-refractivity contribution in [1.29, 1.82) is 0 Å². The maximum atomic E-state index is 11.8. The number of carbonyl (C=O) groups is 4. The normalized spacial score (nSPS) is 21.0. The number of carbonyl (C=O) groups excluding carboxylic acids is 4.